The van der Waals surface area contributed by atoms with E-state index < -0.39 is 41.1 Å². The minimum atomic E-state index is -2.19. The van der Waals surface area contributed by atoms with Gasteiger partial charge in [-0.25, -0.2) is 19.9 Å². The van der Waals surface area contributed by atoms with Gasteiger partial charge in [0.25, 0.3) is 0 Å². The molecule has 0 aliphatic heterocycles. The molecule has 24 aromatic rings. The zero-order valence-corrected chi connectivity index (χ0v) is 81.6. The maximum atomic E-state index is 7.41. The number of benzene rings is 8. The molecule has 16 nitrogen and oxygen atoms in total. The monoisotopic (exact) mass is 2500 g/mol. The quantitative estimate of drug-likeness (QED) is 0.130. The average Bonchev–Trinajstić information content (AvgIpc) is 1.63. The van der Waals surface area contributed by atoms with E-state index in [4.69, 9.17) is 42.3 Å². The Bertz CT molecular complexity index is 8090. The molecule has 0 bridgehead atoms. The van der Waals surface area contributed by atoms with Crippen molar-refractivity contribution in [2.75, 3.05) is 0 Å². The molecule has 20 heteroatoms. The number of rotatable bonds is 8. The zero-order valence-electron chi connectivity index (χ0n) is 90.0. The van der Waals surface area contributed by atoms with Crippen molar-refractivity contribution < 1.29 is 123 Å². The molecule has 8 aromatic carbocycles. The van der Waals surface area contributed by atoms with Crippen molar-refractivity contribution in [3.8, 4) is 90.1 Å². The molecule has 0 atom stereocenters. The van der Waals surface area contributed by atoms with E-state index in [0.717, 1.165) is 139 Å². The predicted molar refractivity (Wildman–Crippen MR) is 526 cm³/mol. The molecule has 16 aromatic heterocycles. The maximum Gasteiger partial charge on any atom is 0.216 e. The minimum absolute atomic E-state index is 0. The normalized spacial score (nSPS) is 12.9. The van der Waals surface area contributed by atoms with Crippen LogP contribution in [-0.4, -0.2) is 59.8 Å². The number of aryl methyl sites for hydroxylation is 8. The van der Waals surface area contributed by atoms with Crippen LogP contribution in [0, 0.1) is 103 Å². The molecule has 4 radical (unpaired) electrons. The van der Waals surface area contributed by atoms with Gasteiger partial charge in [0.15, 0.2) is 0 Å². The summed E-state index contributed by atoms with van der Waals surface area (Å²) in [5, 5.41) is 8.25. The van der Waals surface area contributed by atoms with Crippen molar-refractivity contribution in [3.05, 3.63) is 459 Å². The fraction of sp³-hybridized carbons (Fsp3) is 0.0690. The minimum Gasteiger partial charge on any atom is -0.486 e. The van der Waals surface area contributed by atoms with Crippen molar-refractivity contribution in [2.45, 2.75) is 55.0 Å². The Balaban J connectivity index is 0.000000146. The molecule has 24 rings (SSSR count). The summed E-state index contributed by atoms with van der Waals surface area (Å²) in [5.41, 5.74) is 20.9. The first-order chi connectivity index (χ1) is 72.0. The summed E-state index contributed by atoms with van der Waals surface area (Å²) >= 11 is 0. The molecule has 0 aliphatic carbocycles. The maximum absolute atomic E-state index is 7.41. The SMILES string of the molecule is [2H]C([2H])([2H])c1c[c-]c(-c2cc(C)c(C([2H])([2H])[2H])cn2)cc1.[2H]C([2H])([2H])c1c[c-]c(-c2ccc(C([2H])([2H])[2H])cn2)cc1.[2H]C([2H])([2H])c1ccc(-c2[c-]cccc2)nc1.[2H]C([2H])([2H])c1cnc(-c2[c-]cccc2)cc1C.[Ir].[Ir].[Ir].[Ir].[c-]1ccc2c(oc3ncccc32)c1-c1ccccn1.[c-]1ccc2c(oc3ncccc32)c1-c1ccccn1.[c-]1ccc2c(oc3ncccc32)c1-c1ccccn1.[c-]1ccc2c(oc3ncccc32)c1-c1ccccn1. The third kappa shape index (κ3) is 24.1. The van der Waals surface area contributed by atoms with E-state index in [1.807, 2.05) is 212 Å². The van der Waals surface area contributed by atoms with Crippen LogP contribution in [0.5, 0.6) is 0 Å². The third-order valence-corrected chi connectivity index (χ3v) is 20.4. The fourth-order valence-corrected chi connectivity index (χ4v) is 13.9. The van der Waals surface area contributed by atoms with Gasteiger partial charge in [-0.15, -0.1) is 215 Å². The third-order valence-electron chi connectivity index (χ3n) is 20.4. The number of aromatic nitrogens is 12. The molecule has 0 N–H and O–H groups in total. The van der Waals surface area contributed by atoms with Gasteiger partial charge in [-0.05, 0) is 182 Å². The van der Waals surface area contributed by atoms with Crippen molar-refractivity contribution in [1.82, 2.24) is 59.8 Å². The zero-order chi connectivity index (χ0) is 105. The summed E-state index contributed by atoms with van der Waals surface area (Å²) in [6.45, 7) is -9.39. The number of hydrogen-bond acceptors (Lipinski definition) is 16. The van der Waals surface area contributed by atoms with Crippen molar-refractivity contribution in [3.63, 3.8) is 0 Å². The average molecular weight is 2500 g/mol. The van der Waals surface area contributed by atoms with Crippen LogP contribution in [0.15, 0.2) is 383 Å². The van der Waals surface area contributed by atoms with Gasteiger partial charge < -0.3 is 57.5 Å². The van der Waals surface area contributed by atoms with Gasteiger partial charge >= 0.3 is 0 Å². The van der Waals surface area contributed by atoms with Gasteiger partial charge in [0.2, 0.25) is 22.9 Å². The Morgan fingerprint density at radius 1 is 0.213 bits per heavy atom. The first-order valence-electron chi connectivity index (χ1n) is 50.3. The van der Waals surface area contributed by atoms with Gasteiger partial charge in [-0.2, -0.15) is 0 Å². The molecule has 0 saturated heterocycles. The first kappa shape index (κ1) is 76.7. The molecule has 0 spiro atoms. The van der Waals surface area contributed by atoms with Gasteiger partial charge in [0.1, 0.15) is 0 Å². The van der Waals surface area contributed by atoms with Crippen LogP contribution in [0.3, 0.4) is 0 Å². The summed E-state index contributed by atoms with van der Waals surface area (Å²) in [4.78, 5) is 51.0. The second-order valence-corrected chi connectivity index (χ2v) is 29.2. The van der Waals surface area contributed by atoms with Crippen LogP contribution < -0.4 is 0 Å². The number of fused-ring (bicyclic) bond motifs is 12. The van der Waals surface area contributed by atoms with Crippen LogP contribution in [0.25, 0.3) is 178 Å². The van der Waals surface area contributed by atoms with Gasteiger partial charge in [-0.3, -0.25) is 0 Å². The van der Waals surface area contributed by atoms with Crippen LogP contribution in [-0.2, 0) is 80.4 Å². The number of furan rings is 4. The second-order valence-electron chi connectivity index (χ2n) is 29.2. The molecule has 0 saturated carbocycles. The fourth-order valence-electron chi connectivity index (χ4n) is 13.9. The van der Waals surface area contributed by atoms with Gasteiger partial charge in [0.05, 0.1) is 22.3 Å². The smallest absolute Gasteiger partial charge is 0.216 e. The van der Waals surface area contributed by atoms with Crippen LogP contribution in [0.1, 0.15) is 69.2 Å². The Morgan fingerprint density at radius 2 is 0.507 bits per heavy atom. The molecule has 0 aliphatic rings. The summed E-state index contributed by atoms with van der Waals surface area (Å²) in [6.07, 6.45) is 19.4. The number of hydrogen-bond donors (Lipinski definition) is 0. The van der Waals surface area contributed by atoms with Crippen LogP contribution >= 0.6 is 0 Å². The van der Waals surface area contributed by atoms with Crippen molar-refractivity contribution in [2.24, 2.45) is 0 Å². The van der Waals surface area contributed by atoms with Gasteiger partial charge in [0, 0.05) is 201 Å². The Hall–Kier alpha value is -14.6. The van der Waals surface area contributed by atoms with E-state index >= 15 is 0 Å². The standard InChI is InChI=1S/4C16H9N2O.C14H14N.2C13H12N.C12H10N.4Ir/c4*1-2-9-17-14(8-1)13-6-3-5-11-12-7-4-10-18-16(12)19-15(11)13;1-10-4-6-13(7-5-10)14-8-11(2)12(3)9-15-14;1-10-3-6-12(7-4-10)13-8-5-11(2)9-14-13;1-10-8-13(14-9-11(10)2)12-6-4-3-5-7-12;1-10-7-8-12(13-9-10)11-5-3-2-4-6-11;;;;/h4*1-5,7-10H;4-6,8-9H,1-3H3;2*3-6,8-9H,1-2H3;2-5,7-9H,1H3;;;;/q8*-1;;;;/i;;;;1D3,3D3;1D3,2D3;2D3;1D3;;;;. The van der Waals surface area contributed by atoms with E-state index in [2.05, 4.69) is 108 Å². The molecule has 676 valence electrons. The Labute approximate surface area is 868 Å². The molecule has 0 fully saturated rings. The predicted octanol–water partition coefficient (Wildman–Crippen LogP) is 28.0. The summed E-state index contributed by atoms with van der Waals surface area (Å²) in [7, 11) is 0. The number of pyridine rings is 12. The van der Waals surface area contributed by atoms with E-state index in [0.29, 0.717) is 56.5 Å². The molecule has 0 unspecified atom stereocenters. The van der Waals surface area contributed by atoms with Crippen molar-refractivity contribution in [1.29, 1.82) is 0 Å². The largest absolute Gasteiger partial charge is 0.486 e. The molecular weight excluding hydrogens is 2390 g/mol. The van der Waals surface area contributed by atoms with Crippen molar-refractivity contribution >= 4 is 88.3 Å². The topological polar surface area (TPSA) is 207 Å². The number of nitrogens with zero attached hydrogens (tertiary/aromatic N) is 12. The van der Waals surface area contributed by atoms with Gasteiger partial charge in [-0.1, -0.05) is 154 Å². The Kier molecular flexibility index (Phi) is 27.0. The summed E-state index contributed by atoms with van der Waals surface area (Å²) in [5.74, 6) is 0. The molecule has 16 heterocycles. The molecular formula is C116H84Ir4N12O4-8. The van der Waals surface area contributed by atoms with E-state index in [1.165, 1.54) is 55.1 Å². The molecule has 0 amide bonds. The summed E-state index contributed by atoms with van der Waals surface area (Å²) < 4.78 is 155. The van der Waals surface area contributed by atoms with Crippen LogP contribution in [0.2, 0.25) is 0 Å². The molecule has 136 heavy (non-hydrogen) atoms. The van der Waals surface area contributed by atoms with Crippen LogP contribution in [0.4, 0.5) is 0 Å². The van der Waals surface area contributed by atoms with E-state index in [1.54, 1.807) is 112 Å². The van der Waals surface area contributed by atoms with E-state index in [9.17, 15) is 0 Å². The Morgan fingerprint density at radius 3 is 0.772 bits per heavy atom. The first-order valence-corrected chi connectivity index (χ1v) is 41.3. The summed E-state index contributed by atoms with van der Waals surface area (Å²) in [6, 6.07) is 113. The second kappa shape index (κ2) is 47.8. The van der Waals surface area contributed by atoms with E-state index in [-0.39, 0.29) is 108 Å².